The van der Waals surface area contributed by atoms with Crippen molar-refractivity contribution in [3.63, 3.8) is 0 Å². The highest BCUT2D eigenvalue weighted by atomic mass is 31.2. The summed E-state index contributed by atoms with van der Waals surface area (Å²) >= 11 is 0. The molecule has 126 valence electrons. The van der Waals surface area contributed by atoms with E-state index in [4.69, 9.17) is 10.3 Å². The molecular formula is C19H17N2O3P. The van der Waals surface area contributed by atoms with E-state index in [9.17, 15) is 9.46 Å². The lowest BCUT2D eigenvalue weighted by atomic mass is 10.2. The highest BCUT2D eigenvalue weighted by Gasteiger charge is 2.23. The van der Waals surface area contributed by atoms with E-state index in [2.05, 4.69) is 4.99 Å². The molecule has 0 fully saturated rings. The van der Waals surface area contributed by atoms with Crippen LogP contribution in [0.5, 0.6) is 5.75 Å². The van der Waals surface area contributed by atoms with Gasteiger partial charge in [0.25, 0.3) is 0 Å². The second-order valence-electron chi connectivity index (χ2n) is 5.37. The van der Waals surface area contributed by atoms with Gasteiger partial charge < -0.3 is 15.2 Å². The third kappa shape index (κ3) is 4.57. The average Bonchev–Trinajstić information content (AvgIpc) is 2.63. The maximum atomic E-state index is 12.3. The van der Waals surface area contributed by atoms with Gasteiger partial charge >= 0.3 is 7.60 Å². The molecule has 0 aliphatic heterocycles. The number of hydrogen-bond acceptors (Lipinski definition) is 4. The molecule has 0 radical (unpaired) electrons. The van der Waals surface area contributed by atoms with Gasteiger partial charge in [0.2, 0.25) is 0 Å². The van der Waals surface area contributed by atoms with Crippen molar-refractivity contribution in [1.29, 1.82) is 0 Å². The Morgan fingerprint density at radius 2 is 1.56 bits per heavy atom. The summed E-state index contributed by atoms with van der Waals surface area (Å²) in [6.07, 6.45) is 1.70. The van der Waals surface area contributed by atoms with Crippen LogP contribution in [0.1, 0.15) is 5.56 Å². The second-order valence-corrected chi connectivity index (χ2v) is 7.11. The number of rotatable bonds is 5. The predicted octanol–water partition coefficient (Wildman–Crippen LogP) is 3.91. The van der Waals surface area contributed by atoms with Gasteiger partial charge in [-0.25, -0.2) is 4.57 Å². The van der Waals surface area contributed by atoms with Gasteiger partial charge in [-0.15, -0.1) is 0 Å². The first-order chi connectivity index (χ1) is 12.0. The first kappa shape index (κ1) is 17.0. The monoisotopic (exact) mass is 352 g/mol. The summed E-state index contributed by atoms with van der Waals surface area (Å²) in [5.74, 6) is 0.319. The van der Waals surface area contributed by atoms with Crippen LogP contribution in [0.2, 0.25) is 0 Å². The molecule has 5 nitrogen and oxygen atoms in total. The SMILES string of the molecule is Nc1ccc(N=Cc2ccc(OP(=O)(O)c3ccccc3)cc2)cc1. The van der Waals surface area contributed by atoms with E-state index in [0.717, 1.165) is 11.3 Å². The van der Waals surface area contributed by atoms with Gasteiger partial charge in [0.1, 0.15) is 5.75 Å². The van der Waals surface area contributed by atoms with E-state index in [1.54, 1.807) is 72.9 Å². The van der Waals surface area contributed by atoms with Crippen molar-refractivity contribution in [1.82, 2.24) is 0 Å². The van der Waals surface area contributed by atoms with Crippen molar-refractivity contribution in [2.75, 3.05) is 5.73 Å². The molecule has 1 unspecified atom stereocenters. The van der Waals surface area contributed by atoms with Gasteiger partial charge in [-0.05, 0) is 66.2 Å². The normalized spacial score (nSPS) is 13.5. The number of benzene rings is 3. The number of hydrogen-bond donors (Lipinski definition) is 2. The molecule has 6 heteroatoms. The molecule has 1 atom stereocenters. The zero-order valence-corrected chi connectivity index (χ0v) is 14.2. The van der Waals surface area contributed by atoms with E-state index < -0.39 is 7.60 Å². The number of nitrogens with two attached hydrogens (primary N) is 1. The molecule has 0 bridgehead atoms. The van der Waals surface area contributed by atoms with Crippen LogP contribution in [-0.4, -0.2) is 11.1 Å². The van der Waals surface area contributed by atoms with Gasteiger partial charge in [-0.1, -0.05) is 18.2 Å². The maximum Gasteiger partial charge on any atom is 0.408 e. The summed E-state index contributed by atoms with van der Waals surface area (Å²) in [6, 6.07) is 22.3. The van der Waals surface area contributed by atoms with E-state index in [0.29, 0.717) is 11.4 Å². The Hall–Kier alpha value is -2.88. The topological polar surface area (TPSA) is 84.9 Å². The van der Waals surface area contributed by atoms with Crippen LogP contribution in [0.4, 0.5) is 11.4 Å². The van der Waals surface area contributed by atoms with E-state index in [-0.39, 0.29) is 5.30 Å². The Bertz CT molecular complexity index is 908. The Morgan fingerprint density at radius 3 is 2.20 bits per heavy atom. The van der Waals surface area contributed by atoms with Gasteiger partial charge in [0, 0.05) is 11.9 Å². The molecule has 0 spiro atoms. The summed E-state index contributed by atoms with van der Waals surface area (Å²) in [7, 11) is -3.90. The number of anilines is 1. The van der Waals surface area contributed by atoms with E-state index in [1.165, 1.54) is 0 Å². The summed E-state index contributed by atoms with van der Waals surface area (Å²) in [5.41, 5.74) is 7.96. The fraction of sp³-hybridized carbons (Fsp3) is 0. The van der Waals surface area contributed by atoms with Crippen LogP contribution in [-0.2, 0) is 4.57 Å². The molecule has 0 aliphatic carbocycles. The Balaban J connectivity index is 1.70. The van der Waals surface area contributed by atoms with Crippen molar-refractivity contribution in [2.24, 2.45) is 4.99 Å². The van der Waals surface area contributed by atoms with Crippen molar-refractivity contribution in [3.05, 3.63) is 84.4 Å². The van der Waals surface area contributed by atoms with Gasteiger partial charge in [-0.2, -0.15) is 0 Å². The largest absolute Gasteiger partial charge is 0.421 e. The molecule has 0 aliphatic rings. The lowest BCUT2D eigenvalue weighted by Gasteiger charge is -2.13. The lowest BCUT2D eigenvalue weighted by Crippen LogP contribution is -2.08. The molecule has 3 N–H and O–H groups in total. The zero-order chi connectivity index (χ0) is 17.7. The predicted molar refractivity (Wildman–Crippen MR) is 101 cm³/mol. The summed E-state index contributed by atoms with van der Waals surface area (Å²) in [6.45, 7) is 0. The zero-order valence-electron chi connectivity index (χ0n) is 13.3. The minimum atomic E-state index is -3.90. The Morgan fingerprint density at radius 1 is 0.920 bits per heavy atom. The fourth-order valence-electron chi connectivity index (χ4n) is 2.14. The van der Waals surface area contributed by atoms with Gasteiger partial charge in [0.05, 0.1) is 11.0 Å². The van der Waals surface area contributed by atoms with Crippen molar-refractivity contribution >= 4 is 30.5 Å². The van der Waals surface area contributed by atoms with E-state index in [1.807, 2.05) is 12.1 Å². The first-order valence-corrected chi connectivity index (χ1v) is 9.18. The highest BCUT2D eigenvalue weighted by Crippen LogP contribution is 2.41. The van der Waals surface area contributed by atoms with Crippen molar-refractivity contribution in [2.45, 2.75) is 0 Å². The smallest absolute Gasteiger partial charge is 0.408 e. The third-order valence-electron chi connectivity index (χ3n) is 3.45. The molecule has 3 aromatic rings. The average molecular weight is 352 g/mol. The highest BCUT2D eigenvalue weighted by molar-refractivity contribution is 7.61. The molecular weight excluding hydrogens is 335 g/mol. The number of nitrogens with zero attached hydrogens (tertiary/aromatic N) is 1. The van der Waals surface area contributed by atoms with Gasteiger partial charge in [0.15, 0.2) is 0 Å². The summed E-state index contributed by atoms with van der Waals surface area (Å²) in [4.78, 5) is 14.4. The van der Waals surface area contributed by atoms with E-state index >= 15 is 0 Å². The first-order valence-electron chi connectivity index (χ1n) is 7.61. The number of nitrogen functional groups attached to an aromatic ring is 1. The molecule has 3 rings (SSSR count). The minimum Gasteiger partial charge on any atom is -0.421 e. The quantitative estimate of drug-likeness (QED) is 0.414. The van der Waals surface area contributed by atoms with Crippen LogP contribution < -0.4 is 15.6 Å². The molecule has 0 saturated heterocycles. The minimum absolute atomic E-state index is 0.254. The Labute approximate surface area is 146 Å². The second kappa shape index (κ2) is 7.34. The lowest BCUT2D eigenvalue weighted by molar-refractivity contribution is 0.393. The Kier molecular flexibility index (Phi) is 4.98. The van der Waals surface area contributed by atoms with Gasteiger partial charge in [-0.3, -0.25) is 4.99 Å². The van der Waals surface area contributed by atoms with Crippen LogP contribution in [0.25, 0.3) is 0 Å². The molecule has 0 saturated carbocycles. The molecule has 25 heavy (non-hydrogen) atoms. The van der Waals surface area contributed by atoms with Crippen LogP contribution in [0.3, 0.4) is 0 Å². The fourth-order valence-corrected chi connectivity index (χ4v) is 3.20. The standard InChI is InChI=1S/C19H17N2O3P/c20-16-8-10-17(11-9-16)21-14-15-6-12-18(13-7-15)24-25(22,23)19-4-2-1-3-5-19/h1-14H,20H2,(H,22,23). The summed E-state index contributed by atoms with van der Waals surface area (Å²) < 4.78 is 17.6. The van der Waals surface area contributed by atoms with Crippen LogP contribution >= 0.6 is 7.60 Å². The summed E-state index contributed by atoms with van der Waals surface area (Å²) in [5, 5.41) is 0.254. The van der Waals surface area contributed by atoms with Crippen LogP contribution in [0, 0.1) is 0 Å². The van der Waals surface area contributed by atoms with Crippen molar-refractivity contribution in [3.8, 4) is 5.75 Å². The van der Waals surface area contributed by atoms with Crippen molar-refractivity contribution < 1.29 is 14.0 Å². The molecule has 3 aromatic carbocycles. The molecule has 0 aromatic heterocycles. The third-order valence-corrected chi connectivity index (χ3v) is 4.86. The maximum absolute atomic E-state index is 12.3. The molecule has 0 amide bonds. The number of aliphatic imine (C=N–C) groups is 1. The molecule has 0 heterocycles. The van der Waals surface area contributed by atoms with Crippen LogP contribution in [0.15, 0.2) is 83.9 Å².